The van der Waals surface area contributed by atoms with Gasteiger partial charge in [-0.25, -0.2) is 0 Å². The summed E-state index contributed by atoms with van der Waals surface area (Å²) < 4.78 is 0. The van der Waals surface area contributed by atoms with Crippen LogP contribution < -0.4 is 0 Å². The van der Waals surface area contributed by atoms with Crippen LogP contribution in [0.5, 0.6) is 11.5 Å². The molecule has 3 heteroatoms. The van der Waals surface area contributed by atoms with Crippen molar-refractivity contribution in [3.05, 3.63) is 23.8 Å². The van der Waals surface area contributed by atoms with Gasteiger partial charge in [0.05, 0.1) is 6.10 Å². The molecule has 0 bridgehead atoms. The molecule has 1 fully saturated rings. The summed E-state index contributed by atoms with van der Waals surface area (Å²) in [6.45, 7) is 0. The van der Waals surface area contributed by atoms with Crippen LogP contribution in [0.15, 0.2) is 18.2 Å². The third-order valence-corrected chi connectivity index (χ3v) is 3.10. The Kier molecular flexibility index (Phi) is 2.82. The number of phenolic OH excluding ortho intramolecular Hbond substituents is 2. The van der Waals surface area contributed by atoms with Crippen molar-refractivity contribution >= 4 is 0 Å². The minimum atomic E-state index is -0.253. The predicted octanol–water partition coefficient (Wildman–Crippen LogP) is 2.12. The number of aromatic hydroxyl groups is 2. The summed E-state index contributed by atoms with van der Waals surface area (Å²) in [5, 5.41) is 28.4. The van der Waals surface area contributed by atoms with E-state index in [1.54, 1.807) is 12.1 Å². The molecule has 1 aliphatic rings. The molecule has 2 rings (SSSR count). The number of benzene rings is 1. The largest absolute Gasteiger partial charge is 0.508 e. The van der Waals surface area contributed by atoms with E-state index in [9.17, 15) is 15.3 Å². The van der Waals surface area contributed by atoms with Crippen molar-refractivity contribution in [3.63, 3.8) is 0 Å². The Hall–Kier alpha value is -1.22. The fourth-order valence-corrected chi connectivity index (χ4v) is 2.32. The van der Waals surface area contributed by atoms with Gasteiger partial charge in [-0.1, -0.05) is 12.5 Å². The van der Waals surface area contributed by atoms with Crippen molar-refractivity contribution in [1.29, 1.82) is 0 Å². The third-order valence-electron chi connectivity index (χ3n) is 3.10. The first-order chi connectivity index (χ1) is 7.16. The van der Waals surface area contributed by atoms with Gasteiger partial charge in [0.1, 0.15) is 11.5 Å². The zero-order valence-corrected chi connectivity index (χ0v) is 8.56. The zero-order valence-electron chi connectivity index (χ0n) is 8.56. The van der Waals surface area contributed by atoms with E-state index in [2.05, 4.69) is 0 Å². The van der Waals surface area contributed by atoms with Gasteiger partial charge < -0.3 is 15.3 Å². The van der Waals surface area contributed by atoms with E-state index in [0.717, 1.165) is 24.8 Å². The molecule has 0 saturated heterocycles. The van der Waals surface area contributed by atoms with E-state index in [0.29, 0.717) is 6.42 Å². The second-order valence-electron chi connectivity index (χ2n) is 4.26. The van der Waals surface area contributed by atoms with E-state index in [-0.39, 0.29) is 23.5 Å². The van der Waals surface area contributed by atoms with Crippen LogP contribution in [0.2, 0.25) is 0 Å². The Balaban J connectivity index is 2.21. The van der Waals surface area contributed by atoms with Gasteiger partial charge in [-0.3, -0.25) is 0 Å². The molecule has 3 nitrogen and oxygen atoms in total. The number of aliphatic hydroxyl groups is 1. The molecular formula is C12H16O3. The molecule has 0 heterocycles. The van der Waals surface area contributed by atoms with Gasteiger partial charge in [-0.15, -0.1) is 0 Å². The van der Waals surface area contributed by atoms with Crippen molar-refractivity contribution < 1.29 is 15.3 Å². The molecule has 0 aromatic heterocycles. The lowest BCUT2D eigenvalue weighted by Crippen LogP contribution is -2.18. The first-order valence-corrected chi connectivity index (χ1v) is 5.37. The van der Waals surface area contributed by atoms with Gasteiger partial charge in [0.25, 0.3) is 0 Å². The Morgan fingerprint density at radius 3 is 2.60 bits per heavy atom. The van der Waals surface area contributed by atoms with Crippen molar-refractivity contribution in [3.8, 4) is 11.5 Å². The minimum absolute atomic E-state index is 0.0765. The van der Waals surface area contributed by atoms with Crippen molar-refractivity contribution in [2.75, 3.05) is 0 Å². The number of hydrogen-bond acceptors (Lipinski definition) is 3. The molecule has 15 heavy (non-hydrogen) atoms. The maximum absolute atomic E-state index is 9.69. The van der Waals surface area contributed by atoms with E-state index >= 15 is 0 Å². The highest BCUT2D eigenvalue weighted by molar-refractivity contribution is 5.41. The fourth-order valence-electron chi connectivity index (χ4n) is 2.32. The van der Waals surface area contributed by atoms with Gasteiger partial charge in [-0.05, 0) is 36.8 Å². The summed E-state index contributed by atoms with van der Waals surface area (Å²) in [6.07, 6.45) is 3.30. The molecule has 1 saturated carbocycles. The second-order valence-corrected chi connectivity index (χ2v) is 4.26. The second kappa shape index (κ2) is 4.11. The Morgan fingerprint density at radius 1 is 1.13 bits per heavy atom. The standard InChI is InChI=1S/C12H16O3/c13-9-3-1-2-8(6-9)11-5-4-10(14)7-12(11)15/h4-5,7-9,13-15H,1-3,6H2. The van der Waals surface area contributed by atoms with Crippen LogP contribution in [0.25, 0.3) is 0 Å². The van der Waals surface area contributed by atoms with Gasteiger partial charge >= 0.3 is 0 Å². The molecule has 0 aliphatic heterocycles. The first-order valence-electron chi connectivity index (χ1n) is 5.37. The molecule has 2 atom stereocenters. The Morgan fingerprint density at radius 2 is 1.93 bits per heavy atom. The van der Waals surface area contributed by atoms with Crippen LogP contribution in [0.1, 0.15) is 37.2 Å². The van der Waals surface area contributed by atoms with Gasteiger partial charge in [0, 0.05) is 6.07 Å². The lowest BCUT2D eigenvalue weighted by atomic mass is 9.82. The third kappa shape index (κ3) is 2.23. The van der Waals surface area contributed by atoms with Crippen LogP contribution in [0, 0.1) is 0 Å². The monoisotopic (exact) mass is 208 g/mol. The highest BCUT2D eigenvalue weighted by atomic mass is 16.3. The SMILES string of the molecule is Oc1ccc(C2CCCC(O)C2)c(O)c1. The van der Waals surface area contributed by atoms with Gasteiger partial charge in [0.2, 0.25) is 0 Å². The summed E-state index contributed by atoms with van der Waals surface area (Å²) >= 11 is 0. The van der Waals surface area contributed by atoms with Gasteiger partial charge in [-0.2, -0.15) is 0 Å². The summed E-state index contributed by atoms with van der Waals surface area (Å²) in [7, 11) is 0. The van der Waals surface area contributed by atoms with E-state index < -0.39 is 0 Å². The molecule has 0 radical (unpaired) electrons. The molecule has 1 aliphatic carbocycles. The number of phenols is 2. The summed E-state index contributed by atoms with van der Waals surface area (Å²) in [5.74, 6) is 0.427. The van der Waals surface area contributed by atoms with Crippen LogP contribution in [-0.4, -0.2) is 21.4 Å². The first kappa shape index (κ1) is 10.3. The number of hydrogen-bond donors (Lipinski definition) is 3. The topological polar surface area (TPSA) is 60.7 Å². The summed E-state index contributed by atoms with van der Waals surface area (Å²) in [4.78, 5) is 0. The molecule has 1 aromatic rings. The summed E-state index contributed by atoms with van der Waals surface area (Å²) in [5.41, 5.74) is 0.839. The lowest BCUT2D eigenvalue weighted by molar-refractivity contribution is 0.119. The lowest BCUT2D eigenvalue weighted by Gasteiger charge is -2.26. The normalized spacial score (nSPS) is 26.5. The Bertz CT molecular complexity index is 349. The van der Waals surface area contributed by atoms with Crippen molar-refractivity contribution in [1.82, 2.24) is 0 Å². The van der Waals surface area contributed by atoms with Crippen LogP contribution in [-0.2, 0) is 0 Å². The van der Waals surface area contributed by atoms with Crippen molar-refractivity contribution in [2.24, 2.45) is 0 Å². The number of rotatable bonds is 1. The Labute approximate surface area is 89.0 Å². The molecule has 2 unspecified atom stereocenters. The highest BCUT2D eigenvalue weighted by Crippen LogP contribution is 2.38. The zero-order chi connectivity index (χ0) is 10.8. The van der Waals surface area contributed by atoms with Gasteiger partial charge in [0.15, 0.2) is 0 Å². The van der Waals surface area contributed by atoms with E-state index in [1.165, 1.54) is 6.07 Å². The maximum atomic E-state index is 9.69. The molecule has 0 amide bonds. The maximum Gasteiger partial charge on any atom is 0.122 e. The molecule has 3 N–H and O–H groups in total. The number of aliphatic hydroxyl groups excluding tert-OH is 1. The quantitative estimate of drug-likeness (QED) is 0.662. The smallest absolute Gasteiger partial charge is 0.122 e. The van der Waals surface area contributed by atoms with Crippen molar-refractivity contribution in [2.45, 2.75) is 37.7 Å². The average molecular weight is 208 g/mol. The molecule has 82 valence electrons. The van der Waals surface area contributed by atoms with E-state index in [1.807, 2.05) is 0 Å². The van der Waals surface area contributed by atoms with E-state index in [4.69, 9.17) is 0 Å². The molecule has 0 spiro atoms. The van der Waals surface area contributed by atoms with Crippen LogP contribution >= 0.6 is 0 Å². The summed E-state index contributed by atoms with van der Waals surface area (Å²) in [6, 6.07) is 4.68. The fraction of sp³-hybridized carbons (Fsp3) is 0.500. The molecule has 1 aromatic carbocycles. The minimum Gasteiger partial charge on any atom is -0.508 e. The average Bonchev–Trinajstić information content (AvgIpc) is 2.17. The predicted molar refractivity (Wildman–Crippen MR) is 57.0 cm³/mol. The van der Waals surface area contributed by atoms with Crippen LogP contribution in [0.4, 0.5) is 0 Å². The highest BCUT2D eigenvalue weighted by Gasteiger charge is 2.23. The van der Waals surface area contributed by atoms with Crippen LogP contribution in [0.3, 0.4) is 0 Å². The molecular weight excluding hydrogens is 192 g/mol.